The molecular formula is C19H23N5O. The molecule has 3 heterocycles. The zero-order valence-electron chi connectivity index (χ0n) is 14.4. The number of hydrogen-bond donors (Lipinski definition) is 2. The number of aromatic nitrogens is 3. The van der Waals surface area contributed by atoms with Crippen LogP contribution in [0.25, 0.3) is 11.0 Å². The summed E-state index contributed by atoms with van der Waals surface area (Å²) in [5, 5.41) is 6.80. The summed E-state index contributed by atoms with van der Waals surface area (Å²) >= 11 is 0. The van der Waals surface area contributed by atoms with Gasteiger partial charge < -0.3 is 19.9 Å². The number of fused-ring (bicyclic) bond motifs is 1. The van der Waals surface area contributed by atoms with Crippen LogP contribution >= 0.6 is 0 Å². The van der Waals surface area contributed by atoms with E-state index in [-0.39, 0.29) is 6.10 Å². The summed E-state index contributed by atoms with van der Waals surface area (Å²) in [5.74, 6) is 1.89. The van der Waals surface area contributed by atoms with E-state index in [4.69, 9.17) is 9.72 Å². The lowest BCUT2D eigenvalue weighted by atomic mass is 10.2. The van der Waals surface area contributed by atoms with E-state index in [1.54, 1.807) is 0 Å². The second kappa shape index (κ2) is 7.21. The van der Waals surface area contributed by atoms with E-state index in [1.165, 1.54) is 0 Å². The zero-order chi connectivity index (χ0) is 17.1. The molecule has 1 aromatic carbocycles. The molecule has 1 aliphatic heterocycles. The summed E-state index contributed by atoms with van der Waals surface area (Å²) in [6.07, 6.45) is 4.90. The average molecular weight is 337 g/mol. The largest absolute Gasteiger partial charge is 0.487 e. The maximum atomic E-state index is 6.10. The molecule has 0 amide bonds. The number of ether oxygens (including phenoxy) is 1. The van der Waals surface area contributed by atoms with Gasteiger partial charge >= 0.3 is 0 Å². The highest BCUT2D eigenvalue weighted by atomic mass is 16.5. The van der Waals surface area contributed by atoms with E-state index < -0.39 is 0 Å². The smallest absolute Gasteiger partial charge is 0.142 e. The molecule has 25 heavy (non-hydrogen) atoms. The van der Waals surface area contributed by atoms with Crippen molar-refractivity contribution in [3.8, 4) is 5.75 Å². The van der Waals surface area contributed by atoms with Crippen LogP contribution in [-0.2, 0) is 20.1 Å². The Labute approximate surface area is 147 Å². The number of pyridine rings is 1. The van der Waals surface area contributed by atoms with Gasteiger partial charge in [0.05, 0.1) is 23.8 Å². The predicted molar refractivity (Wildman–Crippen MR) is 97.4 cm³/mol. The first-order valence-electron chi connectivity index (χ1n) is 8.72. The molecule has 2 aromatic heterocycles. The minimum Gasteiger partial charge on any atom is -0.487 e. The highest BCUT2D eigenvalue weighted by Crippen LogP contribution is 2.20. The van der Waals surface area contributed by atoms with Gasteiger partial charge in [0.25, 0.3) is 0 Å². The van der Waals surface area contributed by atoms with Crippen LogP contribution in [0.2, 0.25) is 0 Å². The van der Waals surface area contributed by atoms with Gasteiger partial charge in [-0.3, -0.25) is 4.98 Å². The minimum atomic E-state index is 0.239. The number of para-hydroxylation sites is 2. The molecule has 0 unspecified atom stereocenters. The SMILES string of the molecule is Cn1c(CNCc2ccncc2O[C@H]2CCNC2)nc2ccccc21. The maximum absolute atomic E-state index is 6.10. The van der Waals surface area contributed by atoms with Crippen molar-refractivity contribution in [2.24, 2.45) is 7.05 Å². The van der Waals surface area contributed by atoms with Crippen molar-refractivity contribution >= 4 is 11.0 Å². The topological polar surface area (TPSA) is 64.0 Å². The van der Waals surface area contributed by atoms with E-state index in [0.717, 1.165) is 54.2 Å². The molecule has 1 atom stereocenters. The van der Waals surface area contributed by atoms with Crippen LogP contribution in [-0.4, -0.2) is 33.7 Å². The van der Waals surface area contributed by atoms with Crippen LogP contribution in [0.1, 0.15) is 17.8 Å². The summed E-state index contributed by atoms with van der Waals surface area (Å²) in [7, 11) is 2.06. The Kier molecular flexibility index (Phi) is 4.63. The Morgan fingerprint density at radius 3 is 3.04 bits per heavy atom. The van der Waals surface area contributed by atoms with Crippen molar-refractivity contribution in [3.63, 3.8) is 0 Å². The van der Waals surface area contributed by atoms with Crippen molar-refractivity contribution in [2.75, 3.05) is 13.1 Å². The van der Waals surface area contributed by atoms with E-state index >= 15 is 0 Å². The lowest BCUT2D eigenvalue weighted by Gasteiger charge is -2.15. The number of nitrogens with zero attached hydrogens (tertiary/aromatic N) is 3. The van der Waals surface area contributed by atoms with Crippen LogP contribution in [0.5, 0.6) is 5.75 Å². The molecule has 0 radical (unpaired) electrons. The van der Waals surface area contributed by atoms with Gasteiger partial charge in [-0.2, -0.15) is 0 Å². The first-order chi connectivity index (χ1) is 12.3. The van der Waals surface area contributed by atoms with Crippen molar-refractivity contribution in [2.45, 2.75) is 25.6 Å². The van der Waals surface area contributed by atoms with Crippen LogP contribution in [0, 0.1) is 0 Å². The molecule has 0 saturated carbocycles. The van der Waals surface area contributed by atoms with Crippen LogP contribution in [0.4, 0.5) is 0 Å². The van der Waals surface area contributed by atoms with Crippen LogP contribution in [0.15, 0.2) is 42.7 Å². The highest BCUT2D eigenvalue weighted by molar-refractivity contribution is 5.75. The van der Waals surface area contributed by atoms with Gasteiger partial charge in [-0.05, 0) is 31.2 Å². The molecule has 0 spiro atoms. The van der Waals surface area contributed by atoms with Gasteiger partial charge in [0.15, 0.2) is 0 Å². The summed E-state index contributed by atoms with van der Waals surface area (Å²) < 4.78 is 8.23. The Morgan fingerprint density at radius 1 is 1.28 bits per heavy atom. The quantitative estimate of drug-likeness (QED) is 0.720. The summed E-state index contributed by atoms with van der Waals surface area (Å²) in [5.41, 5.74) is 3.31. The molecule has 3 aromatic rings. The Hall–Kier alpha value is -2.44. The number of imidazole rings is 1. The maximum Gasteiger partial charge on any atom is 0.142 e. The molecule has 1 aliphatic rings. The lowest BCUT2D eigenvalue weighted by Crippen LogP contribution is -2.21. The van der Waals surface area contributed by atoms with Gasteiger partial charge in [-0.15, -0.1) is 0 Å². The van der Waals surface area contributed by atoms with E-state index in [0.29, 0.717) is 6.54 Å². The minimum absolute atomic E-state index is 0.239. The zero-order valence-corrected chi connectivity index (χ0v) is 14.4. The summed E-state index contributed by atoms with van der Waals surface area (Å²) in [6.45, 7) is 3.35. The Morgan fingerprint density at radius 2 is 2.20 bits per heavy atom. The summed E-state index contributed by atoms with van der Waals surface area (Å²) in [6, 6.07) is 10.2. The normalized spacial score (nSPS) is 17.2. The molecule has 2 N–H and O–H groups in total. The van der Waals surface area contributed by atoms with E-state index in [9.17, 15) is 0 Å². The number of aryl methyl sites for hydroxylation is 1. The molecule has 6 heteroatoms. The number of hydrogen-bond acceptors (Lipinski definition) is 5. The summed E-state index contributed by atoms with van der Waals surface area (Å²) in [4.78, 5) is 8.90. The third-order valence-electron chi connectivity index (χ3n) is 4.66. The fraction of sp³-hybridized carbons (Fsp3) is 0.368. The highest BCUT2D eigenvalue weighted by Gasteiger charge is 2.17. The second-order valence-corrected chi connectivity index (χ2v) is 6.40. The third kappa shape index (κ3) is 3.50. The molecule has 1 saturated heterocycles. The monoisotopic (exact) mass is 337 g/mol. The number of benzene rings is 1. The number of rotatable bonds is 6. The van der Waals surface area contributed by atoms with Crippen molar-refractivity contribution in [1.82, 2.24) is 25.2 Å². The van der Waals surface area contributed by atoms with Gasteiger partial charge in [0.1, 0.15) is 17.7 Å². The molecule has 0 bridgehead atoms. The fourth-order valence-corrected chi connectivity index (χ4v) is 3.23. The standard InChI is InChI=1S/C19H23N5O/c1-24-17-5-3-2-4-16(17)23-19(24)13-22-10-14-6-8-21-12-18(14)25-15-7-9-20-11-15/h2-6,8,12,15,20,22H,7,9-11,13H2,1H3/t15-/m0/s1. The average Bonchev–Trinajstić information content (AvgIpc) is 3.25. The molecule has 4 rings (SSSR count). The first-order valence-corrected chi connectivity index (χ1v) is 8.72. The van der Waals surface area contributed by atoms with Crippen LogP contribution < -0.4 is 15.4 Å². The van der Waals surface area contributed by atoms with Crippen molar-refractivity contribution in [1.29, 1.82) is 0 Å². The molecular weight excluding hydrogens is 314 g/mol. The van der Waals surface area contributed by atoms with E-state index in [1.807, 2.05) is 36.7 Å². The van der Waals surface area contributed by atoms with Crippen molar-refractivity contribution < 1.29 is 4.74 Å². The third-order valence-corrected chi connectivity index (χ3v) is 4.66. The second-order valence-electron chi connectivity index (χ2n) is 6.40. The number of nitrogens with one attached hydrogen (secondary N) is 2. The van der Waals surface area contributed by atoms with Gasteiger partial charge in [0, 0.05) is 31.9 Å². The molecule has 130 valence electrons. The fourth-order valence-electron chi connectivity index (χ4n) is 3.23. The van der Waals surface area contributed by atoms with E-state index in [2.05, 4.69) is 33.3 Å². The first kappa shape index (κ1) is 16.1. The Bertz CT molecular complexity index is 854. The predicted octanol–water partition coefficient (Wildman–Crippen LogP) is 2.00. The Balaban J connectivity index is 1.42. The van der Waals surface area contributed by atoms with Crippen LogP contribution in [0.3, 0.4) is 0 Å². The van der Waals surface area contributed by atoms with Gasteiger partial charge in [-0.25, -0.2) is 4.98 Å². The molecule has 1 fully saturated rings. The van der Waals surface area contributed by atoms with Crippen molar-refractivity contribution in [3.05, 3.63) is 54.1 Å². The lowest BCUT2D eigenvalue weighted by molar-refractivity contribution is 0.219. The van der Waals surface area contributed by atoms with Gasteiger partial charge in [0.2, 0.25) is 0 Å². The van der Waals surface area contributed by atoms with Gasteiger partial charge in [-0.1, -0.05) is 12.1 Å². The molecule has 6 nitrogen and oxygen atoms in total. The molecule has 0 aliphatic carbocycles.